The molecule has 0 bridgehead atoms. The Labute approximate surface area is 82.6 Å². The summed E-state index contributed by atoms with van der Waals surface area (Å²) in [5.74, 6) is 0. The van der Waals surface area contributed by atoms with Crippen LogP contribution < -0.4 is 6.15 Å². The first kappa shape index (κ1) is 31.0. The van der Waals surface area contributed by atoms with E-state index >= 15 is 0 Å². The predicted molar refractivity (Wildman–Crippen MR) is 23.6 cm³/mol. The van der Waals surface area contributed by atoms with Gasteiger partial charge in [-0.2, -0.15) is 0 Å². The second-order valence-electron chi connectivity index (χ2n) is 0. The zero-order valence-corrected chi connectivity index (χ0v) is 0.447. The fourth-order valence-electron chi connectivity index (χ4n) is 0. The van der Waals surface area contributed by atoms with Crippen LogP contribution in [0.25, 0.3) is 0 Å². The molecule has 0 aromatic heterocycles. The summed E-state index contributed by atoms with van der Waals surface area (Å²) in [6.07, 6.45) is 0. The van der Waals surface area contributed by atoms with Crippen molar-refractivity contribution in [1.29, 1.82) is 0 Å². The fraction of sp³-hybridized carbons (Fsp3) is 0. The first-order chi connectivity index (χ1) is 0. The van der Waals surface area contributed by atoms with Gasteiger partial charge in [0.1, 0.15) is 0 Å². The van der Waals surface area contributed by atoms with Crippen molar-refractivity contribution in [3.8, 4) is 0 Å². The molecule has 0 amide bonds. The minimum atomic E-state index is 0. The zero-order valence-electron chi connectivity index (χ0n) is 0.447. The molecule has 0 saturated carbocycles. The van der Waals surface area contributed by atoms with Gasteiger partial charge in [0.15, 0.2) is 0 Å². The Morgan fingerprint density at radius 3 is 0.750 bits per heavy atom. The van der Waals surface area contributed by atoms with Crippen molar-refractivity contribution in [2.24, 2.45) is 0 Å². The van der Waals surface area contributed by atoms with Crippen molar-refractivity contribution in [3.63, 3.8) is 0 Å². The van der Waals surface area contributed by atoms with E-state index in [1.165, 1.54) is 0 Å². The molecule has 0 aliphatic carbocycles. The van der Waals surface area contributed by atoms with Crippen molar-refractivity contribution in [2.45, 2.75) is 0 Å². The Hall–Kier alpha value is 2.56. The summed E-state index contributed by atoms with van der Waals surface area (Å²) in [4.78, 5) is 0. The van der Waals surface area contributed by atoms with Crippen LogP contribution in [0.3, 0.4) is 0 Å². The van der Waals surface area contributed by atoms with Gasteiger partial charge in [-0.15, -0.1) is 0 Å². The van der Waals surface area contributed by atoms with E-state index in [9.17, 15) is 0 Å². The molecule has 0 aromatic rings. The van der Waals surface area contributed by atoms with Gasteiger partial charge in [0.25, 0.3) is 0 Å². The molecule has 0 N–H and O–H groups in total. The van der Waals surface area contributed by atoms with Crippen molar-refractivity contribution >= 4 is 78.0 Å². The van der Waals surface area contributed by atoms with Crippen LogP contribution in [0.4, 0.5) is 0 Å². The summed E-state index contributed by atoms with van der Waals surface area (Å²) in [5, 5.41) is 0. The molecular formula is H3LiNNa2. The molecule has 1 nitrogen and oxygen atoms in total. The summed E-state index contributed by atoms with van der Waals surface area (Å²) < 4.78 is 0. The molecule has 11 valence electrons. The van der Waals surface area contributed by atoms with E-state index in [1.807, 2.05) is 0 Å². The SMILES string of the molecule is [LiH].[N].[NaH].[NaH]. The van der Waals surface area contributed by atoms with Crippen LogP contribution in [-0.2, 0) is 0 Å². The quantitative estimate of drug-likeness (QED) is 0.284. The number of nitrogens with zero attached hydrogens (tertiary/aromatic N) is 1. The monoisotopic (exact) mass is 70.0 g/mol. The van der Waals surface area contributed by atoms with Gasteiger partial charge in [0.2, 0.25) is 0 Å². The van der Waals surface area contributed by atoms with Crippen LogP contribution in [0.2, 0.25) is 0 Å². The van der Waals surface area contributed by atoms with Crippen molar-refractivity contribution < 1.29 is 0 Å². The van der Waals surface area contributed by atoms with Gasteiger partial charge in [0, 0.05) is 6.15 Å². The first-order valence-electron chi connectivity index (χ1n) is 0. The number of rotatable bonds is 0. The standard InChI is InChI=1S/Li.N.2Na.3H. The van der Waals surface area contributed by atoms with Gasteiger partial charge in [-0.3, -0.25) is 0 Å². The Balaban J connectivity index is 0. The Morgan fingerprint density at radius 2 is 0.750 bits per heavy atom. The molecule has 0 aromatic carbocycles. The van der Waals surface area contributed by atoms with E-state index in [1.54, 1.807) is 0 Å². The summed E-state index contributed by atoms with van der Waals surface area (Å²) in [7, 11) is 0. The minimum absolute atomic E-state index is 0. The van der Waals surface area contributed by atoms with Crippen LogP contribution in [-0.4, -0.2) is 78.0 Å². The molecular weight excluding hydrogens is 66.9 g/mol. The van der Waals surface area contributed by atoms with E-state index in [0.717, 1.165) is 0 Å². The topological polar surface area (TPSA) is 30.5 Å². The van der Waals surface area contributed by atoms with Crippen molar-refractivity contribution in [3.05, 3.63) is 0 Å². The molecule has 0 aliphatic heterocycles. The van der Waals surface area contributed by atoms with Crippen LogP contribution in [0.1, 0.15) is 0 Å². The first-order valence-corrected chi connectivity index (χ1v) is 0. The second-order valence-corrected chi connectivity index (χ2v) is 0. The summed E-state index contributed by atoms with van der Waals surface area (Å²) in [5.41, 5.74) is 0. The second kappa shape index (κ2) is 17.6. The van der Waals surface area contributed by atoms with E-state index in [-0.39, 0.29) is 84.1 Å². The average Bonchev–Trinajstić information content (AvgIpc) is 0. The summed E-state index contributed by atoms with van der Waals surface area (Å²) >= 11 is 0. The molecule has 0 rings (SSSR count). The molecule has 0 saturated heterocycles. The van der Waals surface area contributed by atoms with Gasteiger partial charge in [0.05, 0.1) is 0 Å². The third kappa shape index (κ3) is 8.82. The predicted octanol–water partition coefficient (Wildman–Crippen LogP) is -2.43. The normalized spacial score (nSPS) is 0. The molecule has 4 heavy (non-hydrogen) atoms. The summed E-state index contributed by atoms with van der Waals surface area (Å²) in [6.45, 7) is 0. The zero-order chi connectivity index (χ0) is 0. The van der Waals surface area contributed by atoms with Gasteiger partial charge >= 0.3 is 78.0 Å². The molecule has 0 unspecified atom stereocenters. The van der Waals surface area contributed by atoms with Crippen molar-refractivity contribution in [1.82, 2.24) is 6.15 Å². The van der Waals surface area contributed by atoms with Crippen LogP contribution >= 0.6 is 0 Å². The fourth-order valence-corrected chi connectivity index (χ4v) is 0. The van der Waals surface area contributed by atoms with Crippen LogP contribution in [0, 0.1) is 0 Å². The van der Waals surface area contributed by atoms with Gasteiger partial charge in [-0.05, 0) is 0 Å². The molecule has 0 atom stereocenters. The molecule has 3 radical (unpaired) electrons. The Morgan fingerprint density at radius 1 is 0.750 bits per heavy atom. The van der Waals surface area contributed by atoms with Crippen LogP contribution in [0.15, 0.2) is 0 Å². The molecule has 0 spiro atoms. The third-order valence-corrected chi connectivity index (χ3v) is 0. The Kier molecular flexibility index (Phi) is 137. The summed E-state index contributed by atoms with van der Waals surface area (Å²) in [6, 6.07) is 0. The van der Waals surface area contributed by atoms with E-state index in [4.69, 9.17) is 0 Å². The number of hydrogen-bond acceptors (Lipinski definition) is 0. The maximum absolute atomic E-state index is 0. The van der Waals surface area contributed by atoms with E-state index < -0.39 is 0 Å². The maximum atomic E-state index is 0. The molecule has 0 heterocycles. The molecule has 0 aliphatic rings. The molecule has 4 heteroatoms. The third-order valence-electron chi connectivity index (χ3n) is 0. The van der Waals surface area contributed by atoms with Gasteiger partial charge in [-0.1, -0.05) is 0 Å². The number of hydrogen-bond donors (Lipinski definition) is 0. The van der Waals surface area contributed by atoms with Crippen LogP contribution in [0.5, 0.6) is 0 Å². The van der Waals surface area contributed by atoms with Crippen molar-refractivity contribution in [2.75, 3.05) is 0 Å². The van der Waals surface area contributed by atoms with E-state index in [2.05, 4.69) is 0 Å². The van der Waals surface area contributed by atoms with E-state index in [0.29, 0.717) is 0 Å². The average molecular weight is 70.0 g/mol. The van der Waals surface area contributed by atoms with Gasteiger partial charge in [-0.25, -0.2) is 0 Å². The molecule has 0 fully saturated rings. The Bertz CT molecular complexity index is 6.00. The van der Waals surface area contributed by atoms with Gasteiger partial charge < -0.3 is 0 Å².